The quantitative estimate of drug-likeness (QED) is 0.773. The van der Waals surface area contributed by atoms with Gasteiger partial charge < -0.3 is 10.4 Å². The lowest BCUT2D eigenvalue weighted by atomic mass is 9.76. The Bertz CT molecular complexity index is 534. The molecular formula is C22H35NO3. The third-order valence-corrected chi connectivity index (χ3v) is 4.98. The summed E-state index contributed by atoms with van der Waals surface area (Å²) < 4.78 is 0. The first-order valence-electron chi connectivity index (χ1n) is 9.96. The highest BCUT2D eigenvalue weighted by molar-refractivity contribution is 5.85. The first-order valence-corrected chi connectivity index (χ1v) is 9.96. The van der Waals surface area contributed by atoms with Crippen molar-refractivity contribution in [3.8, 4) is 0 Å². The highest BCUT2D eigenvalue weighted by atomic mass is 16.4. The van der Waals surface area contributed by atoms with Crippen LogP contribution in [-0.2, 0) is 16.0 Å². The van der Waals surface area contributed by atoms with Crippen molar-refractivity contribution < 1.29 is 14.7 Å². The Balaban J connectivity index is 0.00000105. The van der Waals surface area contributed by atoms with E-state index in [1.54, 1.807) is 0 Å². The first kappa shape index (κ1) is 22.2. The number of carbonyl (C=O) groups excluding carboxylic acids is 1. The minimum atomic E-state index is -0.974. The van der Waals surface area contributed by atoms with Crippen LogP contribution in [-0.4, -0.2) is 23.0 Å². The van der Waals surface area contributed by atoms with Gasteiger partial charge in [-0.3, -0.25) is 4.79 Å². The molecule has 0 heterocycles. The summed E-state index contributed by atoms with van der Waals surface area (Å²) in [6.45, 7) is 8.71. The van der Waals surface area contributed by atoms with Crippen molar-refractivity contribution in [1.82, 2.24) is 5.32 Å². The topological polar surface area (TPSA) is 66.4 Å². The first-order chi connectivity index (χ1) is 12.4. The lowest BCUT2D eigenvalue weighted by molar-refractivity contribution is -0.142. The van der Waals surface area contributed by atoms with Crippen LogP contribution in [0.3, 0.4) is 0 Å². The van der Waals surface area contributed by atoms with E-state index in [9.17, 15) is 14.7 Å². The standard InChI is InChI=1S/C19H27NO3.C3H8/c1-13(2)15-8-10-16(11-9-15)18(21)20-17(19(22)23)12-14-6-4-3-5-7-14;1-3-2/h3-7,13,15-17H,8-12H2,1-2H3,(H,20,21)(H,22,23);3H2,1-2H3/t15?,16?,17-;/m1./s1. The van der Waals surface area contributed by atoms with Crippen molar-refractivity contribution >= 4 is 11.9 Å². The lowest BCUT2D eigenvalue weighted by Gasteiger charge is -2.30. The number of aliphatic carboxylic acids is 1. The Hall–Kier alpha value is -1.84. The van der Waals surface area contributed by atoms with E-state index in [1.165, 1.54) is 6.42 Å². The van der Waals surface area contributed by atoms with Crippen LogP contribution in [0.5, 0.6) is 0 Å². The molecule has 0 unspecified atom stereocenters. The molecule has 4 nitrogen and oxygen atoms in total. The fourth-order valence-electron chi connectivity index (χ4n) is 3.39. The predicted octanol–water partition coefficient (Wildman–Crippen LogP) is 4.68. The summed E-state index contributed by atoms with van der Waals surface area (Å²) in [4.78, 5) is 23.9. The van der Waals surface area contributed by atoms with Gasteiger partial charge in [0, 0.05) is 12.3 Å². The number of rotatable bonds is 6. The molecule has 1 aromatic carbocycles. The molecule has 1 aliphatic carbocycles. The van der Waals surface area contributed by atoms with Crippen molar-refractivity contribution in [3.63, 3.8) is 0 Å². The molecule has 1 saturated carbocycles. The number of nitrogens with one attached hydrogen (secondary N) is 1. The van der Waals surface area contributed by atoms with Gasteiger partial charge in [0.2, 0.25) is 5.91 Å². The van der Waals surface area contributed by atoms with Crippen molar-refractivity contribution in [3.05, 3.63) is 35.9 Å². The fraction of sp³-hybridized carbons (Fsp3) is 0.636. The van der Waals surface area contributed by atoms with Gasteiger partial charge in [-0.2, -0.15) is 0 Å². The van der Waals surface area contributed by atoms with Gasteiger partial charge >= 0.3 is 5.97 Å². The van der Waals surface area contributed by atoms with Crippen LogP contribution < -0.4 is 5.32 Å². The summed E-state index contributed by atoms with van der Waals surface area (Å²) in [6.07, 6.45) is 5.43. The SMILES string of the molecule is CC(C)C1CCC(C(=O)N[C@H](Cc2ccccc2)C(=O)O)CC1.CCC. The van der Waals surface area contributed by atoms with Gasteiger partial charge in [0.25, 0.3) is 0 Å². The van der Waals surface area contributed by atoms with Crippen molar-refractivity contribution in [2.45, 2.75) is 72.3 Å². The molecule has 0 spiro atoms. The van der Waals surface area contributed by atoms with Crippen LogP contribution in [0.1, 0.15) is 65.4 Å². The van der Waals surface area contributed by atoms with Crippen LogP contribution in [0.15, 0.2) is 30.3 Å². The van der Waals surface area contributed by atoms with E-state index in [-0.39, 0.29) is 11.8 Å². The molecule has 1 atom stereocenters. The average molecular weight is 362 g/mol. The Morgan fingerprint density at radius 1 is 1.08 bits per heavy atom. The van der Waals surface area contributed by atoms with E-state index in [1.807, 2.05) is 30.3 Å². The number of amides is 1. The maximum absolute atomic E-state index is 12.4. The zero-order chi connectivity index (χ0) is 19.5. The fourth-order valence-corrected chi connectivity index (χ4v) is 3.39. The number of benzene rings is 1. The van der Waals surface area contributed by atoms with E-state index in [4.69, 9.17) is 0 Å². The van der Waals surface area contributed by atoms with Crippen LogP contribution in [0.2, 0.25) is 0 Å². The van der Waals surface area contributed by atoms with Crippen molar-refractivity contribution in [2.75, 3.05) is 0 Å². The van der Waals surface area contributed by atoms with Crippen LogP contribution in [0.25, 0.3) is 0 Å². The molecule has 1 aliphatic rings. The molecule has 1 aromatic rings. The summed E-state index contributed by atoms with van der Waals surface area (Å²) in [5.41, 5.74) is 0.920. The molecule has 2 rings (SSSR count). The van der Waals surface area contributed by atoms with E-state index in [0.717, 1.165) is 31.2 Å². The summed E-state index contributed by atoms with van der Waals surface area (Å²) in [5, 5.41) is 12.1. The van der Waals surface area contributed by atoms with E-state index in [0.29, 0.717) is 18.3 Å². The number of carboxylic acids is 1. The summed E-state index contributed by atoms with van der Waals surface area (Å²) in [5.74, 6) is 0.235. The highest BCUT2D eigenvalue weighted by Crippen LogP contribution is 2.33. The minimum Gasteiger partial charge on any atom is -0.480 e. The number of hydrogen-bond acceptors (Lipinski definition) is 2. The summed E-state index contributed by atoms with van der Waals surface area (Å²) in [6, 6.07) is 8.57. The maximum atomic E-state index is 12.4. The third kappa shape index (κ3) is 7.59. The normalized spacial score (nSPS) is 20.7. The molecule has 0 aromatic heterocycles. The van der Waals surface area contributed by atoms with E-state index >= 15 is 0 Å². The highest BCUT2D eigenvalue weighted by Gasteiger charge is 2.30. The van der Waals surface area contributed by atoms with E-state index in [2.05, 4.69) is 33.0 Å². The van der Waals surface area contributed by atoms with Crippen LogP contribution in [0, 0.1) is 17.8 Å². The average Bonchev–Trinajstić information content (AvgIpc) is 2.62. The molecule has 0 aliphatic heterocycles. The monoisotopic (exact) mass is 361 g/mol. The van der Waals surface area contributed by atoms with Gasteiger partial charge in [0.15, 0.2) is 0 Å². The summed E-state index contributed by atoms with van der Waals surface area (Å²) >= 11 is 0. The molecule has 2 N–H and O–H groups in total. The third-order valence-electron chi connectivity index (χ3n) is 4.98. The number of carbonyl (C=O) groups is 2. The predicted molar refractivity (Wildman–Crippen MR) is 106 cm³/mol. The zero-order valence-electron chi connectivity index (χ0n) is 16.7. The van der Waals surface area contributed by atoms with Gasteiger partial charge in [0.1, 0.15) is 6.04 Å². The van der Waals surface area contributed by atoms with Crippen molar-refractivity contribution in [2.24, 2.45) is 17.8 Å². The van der Waals surface area contributed by atoms with Crippen molar-refractivity contribution in [1.29, 1.82) is 0 Å². The molecule has 0 saturated heterocycles. The molecule has 0 radical (unpaired) electrons. The Kier molecular flexibility index (Phi) is 10.0. The zero-order valence-corrected chi connectivity index (χ0v) is 16.7. The van der Waals surface area contributed by atoms with Crippen LogP contribution in [0.4, 0.5) is 0 Å². The maximum Gasteiger partial charge on any atom is 0.326 e. The molecule has 1 amide bonds. The largest absolute Gasteiger partial charge is 0.480 e. The summed E-state index contributed by atoms with van der Waals surface area (Å²) in [7, 11) is 0. The Labute approximate surface area is 158 Å². The molecule has 146 valence electrons. The molecule has 0 bridgehead atoms. The molecular weight excluding hydrogens is 326 g/mol. The van der Waals surface area contributed by atoms with Crippen LogP contribution >= 0.6 is 0 Å². The minimum absolute atomic E-state index is 0.0392. The second-order valence-electron chi connectivity index (χ2n) is 7.65. The van der Waals surface area contributed by atoms with Gasteiger partial charge in [-0.15, -0.1) is 0 Å². The molecule has 26 heavy (non-hydrogen) atoms. The molecule has 4 heteroatoms. The second kappa shape index (κ2) is 11.7. The smallest absolute Gasteiger partial charge is 0.326 e. The number of hydrogen-bond donors (Lipinski definition) is 2. The van der Waals surface area contributed by atoms with Gasteiger partial charge in [0.05, 0.1) is 0 Å². The van der Waals surface area contributed by atoms with Gasteiger partial charge in [-0.05, 0) is 43.1 Å². The Morgan fingerprint density at radius 2 is 1.62 bits per heavy atom. The Morgan fingerprint density at radius 3 is 2.08 bits per heavy atom. The number of carboxylic acid groups (broad SMARTS) is 1. The second-order valence-corrected chi connectivity index (χ2v) is 7.65. The lowest BCUT2D eigenvalue weighted by Crippen LogP contribution is -2.45. The molecule has 1 fully saturated rings. The van der Waals surface area contributed by atoms with E-state index < -0.39 is 12.0 Å². The van der Waals surface area contributed by atoms with Gasteiger partial charge in [-0.25, -0.2) is 4.79 Å². The van der Waals surface area contributed by atoms with Gasteiger partial charge in [-0.1, -0.05) is 64.4 Å².